The van der Waals surface area contributed by atoms with Crippen molar-refractivity contribution in [3.8, 4) is 0 Å². The van der Waals surface area contributed by atoms with Crippen LogP contribution in [-0.4, -0.2) is 5.11 Å². The molecule has 0 bridgehead atoms. The van der Waals surface area contributed by atoms with E-state index in [-0.39, 0.29) is 0 Å². The Kier molecular flexibility index (Phi) is 12.2. The highest BCUT2D eigenvalue weighted by molar-refractivity contribution is 5.14. The second-order valence-electron chi connectivity index (χ2n) is 7.04. The minimum atomic E-state index is 0.558. The molecule has 1 nitrogen and oxygen atoms in total. The molecule has 0 heterocycles. The van der Waals surface area contributed by atoms with Crippen LogP contribution in [0.5, 0.6) is 0 Å². The Morgan fingerprint density at radius 2 is 1.32 bits per heavy atom. The van der Waals surface area contributed by atoms with Crippen molar-refractivity contribution in [1.82, 2.24) is 0 Å². The van der Waals surface area contributed by atoms with Gasteiger partial charge in [0.2, 0.25) is 0 Å². The lowest BCUT2D eigenvalue weighted by atomic mass is 9.93. The van der Waals surface area contributed by atoms with Crippen LogP contribution in [0, 0.1) is 5.92 Å². The first-order valence-corrected chi connectivity index (χ1v) is 9.89. The Morgan fingerprint density at radius 1 is 0.818 bits per heavy atom. The van der Waals surface area contributed by atoms with Gasteiger partial charge < -0.3 is 5.11 Å². The van der Waals surface area contributed by atoms with E-state index in [1.54, 1.807) is 0 Å². The predicted octanol–water partition coefficient (Wildman–Crippen LogP) is 7.49. The zero-order valence-electron chi connectivity index (χ0n) is 14.9. The molecule has 0 radical (unpaired) electrons. The van der Waals surface area contributed by atoms with Crippen molar-refractivity contribution in [2.75, 3.05) is 0 Å². The summed E-state index contributed by atoms with van der Waals surface area (Å²) < 4.78 is 0. The molecule has 0 aromatic carbocycles. The monoisotopic (exact) mass is 306 g/mol. The van der Waals surface area contributed by atoms with E-state index in [4.69, 9.17) is 0 Å². The van der Waals surface area contributed by atoms with Crippen molar-refractivity contribution in [2.45, 2.75) is 103 Å². The van der Waals surface area contributed by atoms with Crippen LogP contribution in [0.2, 0.25) is 0 Å². The fourth-order valence-electron chi connectivity index (χ4n) is 3.35. The zero-order valence-corrected chi connectivity index (χ0v) is 14.9. The highest BCUT2D eigenvalue weighted by Gasteiger charge is 2.09. The van der Waals surface area contributed by atoms with Gasteiger partial charge in [-0.05, 0) is 18.4 Å². The molecule has 0 aromatic heterocycles. The number of aliphatic hydroxyl groups excluding tert-OH is 1. The first kappa shape index (κ1) is 19.3. The second kappa shape index (κ2) is 13.9. The van der Waals surface area contributed by atoms with Gasteiger partial charge in [0.05, 0.1) is 5.76 Å². The fraction of sp³-hybridized carbons (Fsp3) is 0.810. The van der Waals surface area contributed by atoms with Crippen LogP contribution in [0.15, 0.2) is 24.0 Å². The number of rotatable bonds is 14. The van der Waals surface area contributed by atoms with Crippen molar-refractivity contribution in [2.24, 2.45) is 5.92 Å². The Balaban J connectivity index is 1.75. The lowest BCUT2D eigenvalue weighted by Crippen LogP contribution is -2.01. The van der Waals surface area contributed by atoms with Crippen LogP contribution in [0.1, 0.15) is 103 Å². The minimum absolute atomic E-state index is 0.558. The summed E-state index contributed by atoms with van der Waals surface area (Å²) in [6.07, 6.45) is 26.6. The average Bonchev–Trinajstić information content (AvgIpc) is 2.52. The highest BCUT2D eigenvalue weighted by atomic mass is 16.3. The van der Waals surface area contributed by atoms with Gasteiger partial charge in [-0.3, -0.25) is 0 Å². The van der Waals surface area contributed by atoms with E-state index in [1.165, 1.54) is 89.9 Å². The smallest absolute Gasteiger partial charge is 0.0928 e. The van der Waals surface area contributed by atoms with Gasteiger partial charge in [-0.1, -0.05) is 103 Å². The largest absolute Gasteiger partial charge is 0.512 e. The maximum atomic E-state index is 9.49. The van der Waals surface area contributed by atoms with Crippen LogP contribution < -0.4 is 0 Å². The van der Waals surface area contributed by atoms with Gasteiger partial charge in [0.15, 0.2) is 0 Å². The first-order valence-electron chi connectivity index (χ1n) is 9.89. The Hall–Kier alpha value is -0.720. The summed E-state index contributed by atoms with van der Waals surface area (Å²) in [5.41, 5.74) is 0. The molecule has 0 fully saturated rings. The number of allylic oxidation sites excluding steroid dienone is 4. The Morgan fingerprint density at radius 3 is 1.82 bits per heavy atom. The molecule has 1 rings (SSSR count). The van der Waals surface area contributed by atoms with Gasteiger partial charge in [0.1, 0.15) is 0 Å². The predicted molar refractivity (Wildman–Crippen MR) is 98.3 cm³/mol. The van der Waals surface area contributed by atoms with Crippen LogP contribution >= 0.6 is 0 Å². The van der Waals surface area contributed by atoms with Gasteiger partial charge in [-0.2, -0.15) is 0 Å². The quantitative estimate of drug-likeness (QED) is 0.330. The van der Waals surface area contributed by atoms with Gasteiger partial charge in [0, 0.05) is 6.42 Å². The van der Waals surface area contributed by atoms with Crippen LogP contribution in [0.25, 0.3) is 0 Å². The Bertz CT molecular complexity index is 303. The van der Waals surface area contributed by atoms with Crippen molar-refractivity contribution in [3.63, 3.8) is 0 Å². The molecule has 128 valence electrons. The highest BCUT2D eigenvalue weighted by Crippen LogP contribution is 2.22. The SMILES string of the molecule is CCCCCCCCCCCCCCCC1C=CC=C(O)C1. The average molecular weight is 307 g/mol. The summed E-state index contributed by atoms with van der Waals surface area (Å²) in [5.74, 6) is 1.14. The number of hydrogen-bond donors (Lipinski definition) is 1. The maximum Gasteiger partial charge on any atom is 0.0928 e. The molecule has 22 heavy (non-hydrogen) atoms. The van der Waals surface area contributed by atoms with E-state index in [9.17, 15) is 5.11 Å². The van der Waals surface area contributed by atoms with E-state index < -0.39 is 0 Å². The summed E-state index contributed by atoms with van der Waals surface area (Å²) in [6.45, 7) is 2.28. The second-order valence-corrected chi connectivity index (χ2v) is 7.04. The third kappa shape index (κ3) is 10.9. The van der Waals surface area contributed by atoms with Gasteiger partial charge in [0.25, 0.3) is 0 Å². The van der Waals surface area contributed by atoms with Crippen molar-refractivity contribution in [1.29, 1.82) is 0 Å². The fourth-order valence-corrected chi connectivity index (χ4v) is 3.35. The molecule has 1 aliphatic carbocycles. The molecule has 0 aliphatic heterocycles. The normalized spacial score (nSPS) is 17.7. The standard InChI is InChI=1S/C21H38O/c1-2-3-4-5-6-7-8-9-10-11-12-13-14-16-20-17-15-18-21(22)19-20/h15,17-18,20,22H,2-14,16,19H2,1H3. The molecule has 0 spiro atoms. The molecule has 0 saturated carbocycles. The number of aliphatic hydroxyl groups is 1. The molecule has 0 aromatic rings. The number of hydrogen-bond acceptors (Lipinski definition) is 1. The summed E-state index contributed by atoms with van der Waals surface area (Å²) in [5, 5.41) is 9.49. The van der Waals surface area contributed by atoms with Gasteiger partial charge in [-0.25, -0.2) is 0 Å². The third-order valence-corrected chi connectivity index (χ3v) is 4.82. The van der Waals surface area contributed by atoms with Crippen molar-refractivity contribution in [3.05, 3.63) is 24.0 Å². The molecule has 1 heteroatoms. The van der Waals surface area contributed by atoms with Crippen LogP contribution in [0.3, 0.4) is 0 Å². The molecular weight excluding hydrogens is 268 g/mol. The van der Waals surface area contributed by atoms with E-state index in [1.807, 2.05) is 12.2 Å². The summed E-state index contributed by atoms with van der Waals surface area (Å²) >= 11 is 0. The first-order chi connectivity index (χ1) is 10.8. The maximum absolute atomic E-state index is 9.49. The van der Waals surface area contributed by atoms with E-state index in [2.05, 4.69) is 13.0 Å². The molecule has 1 unspecified atom stereocenters. The summed E-state index contributed by atoms with van der Waals surface area (Å²) in [6, 6.07) is 0. The third-order valence-electron chi connectivity index (χ3n) is 4.82. The van der Waals surface area contributed by atoms with Gasteiger partial charge in [-0.15, -0.1) is 0 Å². The zero-order chi connectivity index (χ0) is 15.9. The topological polar surface area (TPSA) is 20.2 Å². The summed E-state index contributed by atoms with van der Waals surface area (Å²) in [7, 11) is 0. The van der Waals surface area contributed by atoms with Crippen molar-refractivity contribution < 1.29 is 5.11 Å². The Labute approximate surface area is 138 Å². The van der Waals surface area contributed by atoms with Crippen LogP contribution in [-0.2, 0) is 0 Å². The van der Waals surface area contributed by atoms with Crippen LogP contribution in [0.4, 0.5) is 0 Å². The number of unbranched alkanes of at least 4 members (excludes halogenated alkanes) is 12. The van der Waals surface area contributed by atoms with Gasteiger partial charge >= 0.3 is 0 Å². The minimum Gasteiger partial charge on any atom is -0.512 e. The summed E-state index contributed by atoms with van der Waals surface area (Å²) in [4.78, 5) is 0. The molecule has 1 atom stereocenters. The van der Waals surface area contributed by atoms with E-state index >= 15 is 0 Å². The lowest BCUT2D eigenvalue weighted by molar-refractivity contribution is 0.354. The molecule has 1 N–H and O–H groups in total. The molecule has 0 amide bonds. The molecule has 1 aliphatic rings. The van der Waals surface area contributed by atoms with E-state index in [0.29, 0.717) is 11.7 Å². The molecular formula is C21H38O. The van der Waals surface area contributed by atoms with E-state index in [0.717, 1.165) is 6.42 Å². The van der Waals surface area contributed by atoms with Crippen molar-refractivity contribution >= 4 is 0 Å². The lowest BCUT2D eigenvalue weighted by Gasteiger charge is -2.14. The molecule has 0 saturated heterocycles.